The van der Waals surface area contributed by atoms with Crippen LogP contribution in [0, 0.1) is 0 Å². The molecule has 7 rings (SSSR count). The Balaban J connectivity index is 1.60. The molecular weight excluding hydrogens is 444 g/mol. The Morgan fingerprint density at radius 2 is 1.35 bits per heavy atom. The van der Waals surface area contributed by atoms with Crippen molar-refractivity contribution in [3.8, 4) is 0 Å². The van der Waals surface area contributed by atoms with E-state index >= 15 is 0 Å². The van der Waals surface area contributed by atoms with Crippen LogP contribution in [-0.4, -0.2) is 13.4 Å². The minimum absolute atomic E-state index is 0.0540. The summed E-state index contributed by atoms with van der Waals surface area (Å²) >= 11 is 0. The molecule has 3 aliphatic rings. The standard InChI is InChI=1S/C34H31B2N/c1-34(2,3)24-22-29-33-30(23-24)36(26-16-8-5-9-17-26)28-19-11-13-21-32(28)37(33)31-20-12-10-18-27(31)35(29)25-14-6-4-7-15-25/h4-16,18-23,26H,17H2,1-3H3. The second-order valence-electron chi connectivity index (χ2n) is 11.7. The average Bonchev–Trinajstić information content (AvgIpc) is 2.93. The van der Waals surface area contributed by atoms with Crippen LogP contribution in [0.15, 0.2) is 115 Å². The SMILES string of the molecule is CC(C)(C)c1cc2c3c(c1)B(C1C=CC=CC1)c1ccccc1N3c1ccccc1B2c1ccccc1. The lowest BCUT2D eigenvalue weighted by Crippen LogP contribution is -2.63. The smallest absolute Gasteiger partial charge is 0.246 e. The number of hydrogen-bond donors (Lipinski definition) is 0. The van der Waals surface area contributed by atoms with Crippen molar-refractivity contribution in [3.63, 3.8) is 0 Å². The van der Waals surface area contributed by atoms with Gasteiger partial charge in [-0.15, -0.1) is 0 Å². The summed E-state index contributed by atoms with van der Waals surface area (Å²) in [5.41, 5.74) is 12.6. The van der Waals surface area contributed by atoms with Gasteiger partial charge in [0.05, 0.1) is 0 Å². The molecule has 0 fully saturated rings. The lowest BCUT2D eigenvalue weighted by Gasteiger charge is -2.45. The predicted octanol–water partition coefficient (Wildman–Crippen LogP) is 5.09. The van der Waals surface area contributed by atoms with Gasteiger partial charge in [-0.05, 0) is 51.7 Å². The van der Waals surface area contributed by atoms with Gasteiger partial charge in [0.25, 0.3) is 0 Å². The van der Waals surface area contributed by atoms with E-state index in [-0.39, 0.29) is 12.1 Å². The maximum absolute atomic E-state index is 2.57. The summed E-state index contributed by atoms with van der Waals surface area (Å²) in [6.45, 7) is 7.58. The second kappa shape index (κ2) is 8.42. The van der Waals surface area contributed by atoms with Crippen molar-refractivity contribution in [1.29, 1.82) is 0 Å². The molecule has 2 heterocycles. The largest absolute Gasteiger partial charge is 0.313 e. The van der Waals surface area contributed by atoms with Gasteiger partial charge in [-0.3, -0.25) is 0 Å². The second-order valence-corrected chi connectivity index (χ2v) is 11.7. The van der Waals surface area contributed by atoms with E-state index in [1.807, 2.05) is 0 Å². The highest BCUT2D eigenvalue weighted by molar-refractivity contribution is 6.99. The number of rotatable bonds is 2. The summed E-state index contributed by atoms with van der Waals surface area (Å²) in [4.78, 5) is 2.57. The van der Waals surface area contributed by atoms with Gasteiger partial charge in [-0.25, -0.2) is 0 Å². The van der Waals surface area contributed by atoms with E-state index in [4.69, 9.17) is 0 Å². The Morgan fingerprint density at radius 3 is 2.05 bits per heavy atom. The molecule has 0 saturated carbocycles. The van der Waals surface area contributed by atoms with Crippen LogP contribution < -0.4 is 32.2 Å². The van der Waals surface area contributed by atoms with Crippen LogP contribution in [0.4, 0.5) is 17.1 Å². The number of fused-ring (bicyclic) bond motifs is 4. The van der Waals surface area contributed by atoms with Gasteiger partial charge >= 0.3 is 0 Å². The summed E-state index contributed by atoms with van der Waals surface area (Å²) in [6, 6.07) is 34.3. The van der Waals surface area contributed by atoms with E-state index < -0.39 is 0 Å². The maximum atomic E-state index is 2.57. The number of nitrogens with zero attached hydrogens (tertiary/aromatic N) is 1. The first-order chi connectivity index (χ1) is 18.0. The number of hydrogen-bond acceptors (Lipinski definition) is 1. The summed E-state index contributed by atoms with van der Waals surface area (Å²) < 4.78 is 0. The van der Waals surface area contributed by atoms with E-state index in [0.717, 1.165) is 6.42 Å². The van der Waals surface area contributed by atoms with Crippen molar-refractivity contribution in [2.24, 2.45) is 0 Å². The molecule has 37 heavy (non-hydrogen) atoms. The van der Waals surface area contributed by atoms with E-state index in [0.29, 0.717) is 12.5 Å². The molecule has 3 heteroatoms. The third-order valence-electron chi connectivity index (χ3n) is 8.48. The van der Waals surface area contributed by atoms with Crippen molar-refractivity contribution < 1.29 is 0 Å². The van der Waals surface area contributed by atoms with Gasteiger partial charge in [0.2, 0.25) is 13.4 Å². The molecule has 0 saturated heterocycles. The van der Waals surface area contributed by atoms with Crippen LogP contribution in [-0.2, 0) is 5.41 Å². The summed E-state index contributed by atoms with van der Waals surface area (Å²) in [6.07, 6.45) is 10.3. The molecule has 0 aromatic heterocycles. The molecule has 4 aromatic rings. The number of allylic oxidation sites excluding steroid dienone is 4. The molecule has 4 aromatic carbocycles. The molecule has 178 valence electrons. The van der Waals surface area contributed by atoms with Crippen LogP contribution in [0.1, 0.15) is 32.8 Å². The predicted molar refractivity (Wildman–Crippen MR) is 163 cm³/mol. The van der Waals surface area contributed by atoms with Crippen molar-refractivity contribution in [2.45, 2.75) is 38.4 Å². The fraction of sp³-hybridized carbons (Fsp3) is 0.176. The van der Waals surface area contributed by atoms with Crippen molar-refractivity contribution >= 4 is 57.8 Å². The Kier molecular flexibility index (Phi) is 5.11. The van der Waals surface area contributed by atoms with E-state index in [1.54, 1.807) is 0 Å². The maximum Gasteiger partial charge on any atom is 0.246 e. The first-order valence-corrected chi connectivity index (χ1v) is 13.6. The summed E-state index contributed by atoms with van der Waals surface area (Å²) in [5, 5.41) is 0. The van der Waals surface area contributed by atoms with Crippen LogP contribution in [0.2, 0.25) is 5.82 Å². The molecule has 1 unspecified atom stereocenters. The fourth-order valence-corrected chi connectivity index (χ4v) is 6.74. The lowest BCUT2D eigenvalue weighted by molar-refractivity contribution is 0.591. The Labute approximate surface area is 221 Å². The molecule has 0 spiro atoms. The van der Waals surface area contributed by atoms with Gasteiger partial charge in [-0.1, -0.05) is 135 Å². The van der Waals surface area contributed by atoms with Crippen molar-refractivity contribution in [2.75, 3.05) is 4.90 Å². The topological polar surface area (TPSA) is 3.24 Å². The first-order valence-electron chi connectivity index (χ1n) is 13.6. The number of anilines is 3. The molecule has 1 atom stereocenters. The highest BCUT2D eigenvalue weighted by Crippen LogP contribution is 2.40. The third kappa shape index (κ3) is 3.48. The minimum atomic E-state index is 0.0540. The number of benzene rings is 4. The monoisotopic (exact) mass is 475 g/mol. The molecule has 2 aliphatic heterocycles. The molecule has 0 radical (unpaired) electrons. The van der Waals surface area contributed by atoms with Crippen LogP contribution in [0.25, 0.3) is 0 Å². The first kappa shape index (κ1) is 22.5. The average molecular weight is 475 g/mol. The van der Waals surface area contributed by atoms with Gasteiger partial charge in [0, 0.05) is 17.1 Å². The van der Waals surface area contributed by atoms with Crippen molar-refractivity contribution in [3.05, 3.63) is 121 Å². The van der Waals surface area contributed by atoms with E-state index in [9.17, 15) is 0 Å². The Hall–Kier alpha value is -3.71. The zero-order chi connectivity index (χ0) is 25.1. The normalized spacial score (nSPS) is 17.4. The molecule has 0 amide bonds. The third-order valence-corrected chi connectivity index (χ3v) is 8.48. The van der Waals surface area contributed by atoms with Crippen LogP contribution >= 0.6 is 0 Å². The quantitative estimate of drug-likeness (QED) is 0.322. The zero-order valence-corrected chi connectivity index (χ0v) is 21.9. The van der Waals surface area contributed by atoms with Gasteiger partial charge in [-0.2, -0.15) is 0 Å². The van der Waals surface area contributed by atoms with E-state index in [2.05, 4.69) is 141 Å². The zero-order valence-electron chi connectivity index (χ0n) is 21.9. The minimum Gasteiger partial charge on any atom is -0.313 e. The van der Waals surface area contributed by atoms with Gasteiger partial charge in [0.15, 0.2) is 0 Å². The molecule has 1 aliphatic carbocycles. The molecule has 0 N–H and O–H groups in total. The number of para-hydroxylation sites is 2. The van der Waals surface area contributed by atoms with Crippen LogP contribution in [0.3, 0.4) is 0 Å². The van der Waals surface area contributed by atoms with Crippen LogP contribution in [0.5, 0.6) is 0 Å². The fourth-order valence-electron chi connectivity index (χ4n) is 6.74. The summed E-state index contributed by atoms with van der Waals surface area (Å²) in [5.74, 6) is 0.444. The lowest BCUT2D eigenvalue weighted by atomic mass is 9.28. The molecule has 1 nitrogen and oxygen atoms in total. The molecule has 0 bridgehead atoms. The van der Waals surface area contributed by atoms with E-state index in [1.165, 1.54) is 49.9 Å². The Bertz CT molecular complexity index is 1560. The van der Waals surface area contributed by atoms with Gasteiger partial charge in [0.1, 0.15) is 0 Å². The highest BCUT2D eigenvalue weighted by Gasteiger charge is 2.45. The van der Waals surface area contributed by atoms with Crippen molar-refractivity contribution in [1.82, 2.24) is 0 Å². The molecular formula is C34H31B2N. The Morgan fingerprint density at radius 1 is 0.703 bits per heavy atom. The van der Waals surface area contributed by atoms with Gasteiger partial charge < -0.3 is 4.90 Å². The summed E-state index contributed by atoms with van der Waals surface area (Å²) in [7, 11) is 0. The highest BCUT2D eigenvalue weighted by atomic mass is 15.2.